The normalized spacial score (nSPS) is 31.3. The highest BCUT2D eigenvalue weighted by Gasteiger charge is 2.46. The number of ketones is 1. The Balaban J connectivity index is 1.64. The van der Waals surface area contributed by atoms with Crippen molar-refractivity contribution >= 4 is 5.78 Å². The van der Waals surface area contributed by atoms with Crippen molar-refractivity contribution in [1.82, 2.24) is 4.90 Å². The lowest BCUT2D eigenvalue weighted by Crippen LogP contribution is -2.35. The second kappa shape index (κ2) is 5.12. The van der Waals surface area contributed by atoms with E-state index in [1.54, 1.807) is 0 Å². The summed E-state index contributed by atoms with van der Waals surface area (Å²) < 4.78 is 0. The number of carbonyl (C=O) groups is 1. The maximum absolute atomic E-state index is 12.4. The van der Waals surface area contributed by atoms with Gasteiger partial charge in [0.05, 0.1) is 6.54 Å². The van der Waals surface area contributed by atoms with Gasteiger partial charge in [-0.1, -0.05) is 60.7 Å². The van der Waals surface area contributed by atoms with Gasteiger partial charge in [-0.3, -0.25) is 9.69 Å². The second-order valence-electron chi connectivity index (χ2n) is 6.20. The highest BCUT2D eigenvalue weighted by atomic mass is 16.1. The fourth-order valence-electron chi connectivity index (χ4n) is 4.01. The first-order chi connectivity index (χ1) is 10.3. The Morgan fingerprint density at radius 1 is 0.857 bits per heavy atom. The van der Waals surface area contributed by atoms with Crippen molar-refractivity contribution in [2.75, 3.05) is 13.1 Å². The average molecular weight is 277 g/mol. The van der Waals surface area contributed by atoms with Crippen LogP contribution in [0.2, 0.25) is 0 Å². The van der Waals surface area contributed by atoms with Gasteiger partial charge in [0, 0.05) is 18.5 Å². The van der Waals surface area contributed by atoms with Gasteiger partial charge in [0.25, 0.3) is 0 Å². The number of nitrogens with zero attached hydrogens (tertiary/aromatic N) is 1. The number of hydrogen-bond donors (Lipinski definition) is 0. The molecule has 4 atom stereocenters. The summed E-state index contributed by atoms with van der Waals surface area (Å²) in [5.41, 5.74) is 2.66. The van der Waals surface area contributed by atoms with E-state index in [0.29, 0.717) is 24.3 Å². The van der Waals surface area contributed by atoms with Crippen LogP contribution in [0.4, 0.5) is 0 Å². The summed E-state index contributed by atoms with van der Waals surface area (Å²) in [4.78, 5) is 14.8. The molecule has 0 spiro atoms. The minimum absolute atomic E-state index is 0.159. The fourth-order valence-corrected chi connectivity index (χ4v) is 4.01. The van der Waals surface area contributed by atoms with Crippen molar-refractivity contribution in [3.05, 3.63) is 71.8 Å². The molecule has 2 aromatic carbocycles. The number of Topliss-reactive ketones (excluding diaryl/α,β-unsaturated/α-hetero) is 1. The molecule has 2 aromatic rings. The van der Waals surface area contributed by atoms with Gasteiger partial charge in [-0.2, -0.15) is 0 Å². The van der Waals surface area contributed by atoms with Crippen LogP contribution >= 0.6 is 0 Å². The molecule has 2 nitrogen and oxygen atoms in total. The van der Waals surface area contributed by atoms with E-state index in [4.69, 9.17) is 0 Å². The first-order valence-electron chi connectivity index (χ1n) is 7.69. The molecule has 2 saturated heterocycles. The predicted molar refractivity (Wildman–Crippen MR) is 83.1 cm³/mol. The Hall–Kier alpha value is -1.93. The molecule has 2 bridgehead atoms. The number of fused-ring (bicyclic) bond motifs is 2. The van der Waals surface area contributed by atoms with Gasteiger partial charge < -0.3 is 0 Å². The monoisotopic (exact) mass is 277 g/mol. The Kier molecular flexibility index (Phi) is 3.12. The molecule has 2 aliphatic rings. The van der Waals surface area contributed by atoms with Crippen LogP contribution in [-0.2, 0) is 4.79 Å². The van der Waals surface area contributed by atoms with E-state index in [1.807, 2.05) is 6.07 Å². The van der Waals surface area contributed by atoms with Crippen LogP contribution in [0.3, 0.4) is 0 Å². The third-order valence-electron chi connectivity index (χ3n) is 4.95. The third-order valence-corrected chi connectivity index (χ3v) is 4.95. The van der Waals surface area contributed by atoms with E-state index in [1.165, 1.54) is 11.1 Å². The molecule has 0 amide bonds. The van der Waals surface area contributed by atoms with E-state index < -0.39 is 0 Å². The number of benzene rings is 2. The van der Waals surface area contributed by atoms with E-state index in [2.05, 4.69) is 59.5 Å². The maximum atomic E-state index is 12.4. The lowest BCUT2D eigenvalue weighted by Gasteiger charge is -2.37. The van der Waals surface area contributed by atoms with Crippen molar-refractivity contribution in [1.29, 1.82) is 0 Å². The van der Waals surface area contributed by atoms with Crippen LogP contribution in [0.5, 0.6) is 0 Å². The molecule has 0 aromatic heterocycles. The average Bonchev–Trinajstić information content (AvgIpc) is 2.74. The Bertz CT molecular complexity index is 637. The second-order valence-corrected chi connectivity index (χ2v) is 6.20. The van der Waals surface area contributed by atoms with Crippen LogP contribution in [0.25, 0.3) is 0 Å². The molecule has 0 aliphatic carbocycles. The van der Waals surface area contributed by atoms with Gasteiger partial charge in [0.1, 0.15) is 0 Å². The Morgan fingerprint density at radius 3 is 2.10 bits per heavy atom. The van der Waals surface area contributed by atoms with E-state index in [0.717, 1.165) is 13.0 Å². The smallest absolute Gasteiger partial charge is 0.151 e. The zero-order valence-electron chi connectivity index (χ0n) is 12.0. The summed E-state index contributed by atoms with van der Waals surface area (Å²) in [6.45, 7) is 1.61. The molecular formula is C19H19NO. The minimum atomic E-state index is 0.159. The van der Waals surface area contributed by atoms with Crippen LogP contribution < -0.4 is 0 Å². The van der Waals surface area contributed by atoms with Crippen molar-refractivity contribution in [3.63, 3.8) is 0 Å². The first kappa shape index (κ1) is 12.8. The largest absolute Gasteiger partial charge is 0.298 e. The van der Waals surface area contributed by atoms with Gasteiger partial charge in [-0.05, 0) is 23.5 Å². The molecule has 2 fully saturated rings. The molecule has 4 rings (SSSR count). The summed E-state index contributed by atoms with van der Waals surface area (Å²) in [7, 11) is 0. The maximum Gasteiger partial charge on any atom is 0.151 e. The first-order valence-corrected chi connectivity index (χ1v) is 7.69. The van der Waals surface area contributed by atoms with Crippen LogP contribution in [0, 0.1) is 5.92 Å². The number of carbonyl (C=O) groups excluding carboxylic acids is 1. The molecule has 0 radical (unpaired) electrons. The number of piperidine rings is 1. The lowest BCUT2D eigenvalue weighted by atomic mass is 9.79. The summed E-state index contributed by atoms with van der Waals surface area (Å²) in [5.74, 6) is 1.07. The van der Waals surface area contributed by atoms with E-state index in [-0.39, 0.29) is 5.92 Å². The van der Waals surface area contributed by atoms with Crippen LogP contribution in [-0.4, -0.2) is 23.8 Å². The highest BCUT2D eigenvalue weighted by molar-refractivity contribution is 5.86. The molecular weight excluding hydrogens is 258 g/mol. The third kappa shape index (κ3) is 2.20. The predicted octanol–water partition coefficient (Wildman–Crippen LogP) is 3.42. The molecule has 0 saturated carbocycles. The van der Waals surface area contributed by atoms with Crippen molar-refractivity contribution in [2.24, 2.45) is 5.92 Å². The minimum Gasteiger partial charge on any atom is -0.298 e. The zero-order chi connectivity index (χ0) is 14.2. The van der Waals surface area contributed by atoms with Gasteiger partial charge >= 0.3 is 0 Å². The number of rotatable bonds is 2. The molecule has 2 aliphatic heterocycles. The Morgan fingerprint density at radius 2 is 1.48 bits per heavy atom. The summed E-state index contributed by atoms with van der Waals surface area (Å²) in [5, 5.41) is 0. The topological polar surface area (TPSA) is 20.3 Å². The molecule has 1 unspecified atom stereocenters. The molecule has 2 heteroatoms. The summed E-state index contributed by atoms with van der Waals surface area (Å²) >= 11 is 0. The van der Waals surface area contributed by atoms with Gasteiger partial charge in [-0.25, -0.2) is 0 Å². The SMILES string of the molecule is O=C1CN2C[C@@H](c3ccccc3)C[C@H]1[C@@H]2c1ccccc1. The molecule has 0 N–H and O–H groups in total. The summed E-state index contributed by atoms with van der Waals surface area (Å²) in [6, 6.07) is 21.4. The van der Waals surface area contributed by atoms with Gasteiger partial charge in [0.2, 0.25) is 0 Å². The quantitative estimate of drug-likeness (QED) is 0.838. The van der Waals surface area contributed by atoms with E-state index in [9.17, 15) is 4.79 Å². The molecule has 2 heterocycles. The van der Waals surface area contributed by atoms with Crippen LogP contribution in [0.1, 0.15) is 29.5 Å². The highest BCUT2D eigenvalue weighted by Crippen LogP contribution is 2.46. The van der Waals surface area contributed by atoms with Gasteiger partial charge in [-0.15, -0.1) is 0 Å². The zero-order valence-corrected chi connectivity index (χ0v) is 12.0. The lowest BCUT2D eigenvalue weighted by molar-refractivity contribution is -0.120. The van der Waals surface area contributed by atoms with Crippen molar-refractivity contribution in [2.45, 2.75) is 18.4 Å². The number of hydrogen-bond acceptors (Lipinski definition) is 2. The van der Waals surface area contributed by atoms with Crippen molar-refractivity contribution in [3.8, 4) is 0 Å². The fraction of sp³-hybridized carbons (Fsp3) is 0.316. The van der Waals surface area contributed by atoms with Crippen molar-refractivity contribution < 1.29 is 4.79 Å². The standard InChI is InChI=1S/C19H19NO/c21-18-13-20-12-16(14-7-3-1-4-8-14)11-17(18)19(20)15-9-5-2-6-10-15/h1-10,16-17,19H,11-13H2/t16-,17+,19-/m0/s1. The van der Waals surface area contributed by atoms with Gasteiger partial charge in [0.15, 0.2) is 5.78 Å². The Labute approximate surface area is 125 Å². The summed E-state index contributed by atoms with van der Waals surface area (Å²) in [6.07, 6.45) is 0.985. The van der Waals surface area contributed by atoms with E-state index >= 15 is 0 Å². The van der Waals surface area contributed by atoms with Crippen LogP contribution in [0.15, 0.2) is 60.7 Å². The molecule has 21 heavy (non-hydrogen) atoms. The molecule has 106 valence electrons.